The van der Waals surface area contributed by atoms with Crippen LogP contribution in [0.3, 0.4) is 0 Å². The molecule has 0 aromatic carbocycles. The van der Waals surface area contributed by atoms with Gasteiger partial charge in [0.05, 0.1) is 23.5 Å². The summed E-state index contributed by atoms with van der Waals surface area (Å²) in [7, 11) is 1.69. The summed E-state index contributed by atoms with van der Waals surface area (Å²) in [5, 5.41) is 21.2. The number of tetrazole rings is 1. The molecule has 2 aromatic heterocycles. The van der Waals surface area contributed by atoms with Crippen molar-refractivity contribution >= 4 is 11.3 Å². The number of hydrogen-bond donors (Lipinski definition) is 1. The van der Waals surface area contributed by atoms with Crippen LogP contribution in [0.5, 0.6) is 0 Å². The second-order valence-corrected chi connectivity index (χ2v) is 3.74. The van der Waals surface area contributed by atoms with E-state index in [1.807, 2.05) is 0 Å². The predicted octanol–water partition coefficient (Wildman–Crippen LogP) is -0.0573. The summed E-state index contributed by atoms with van der Waals surface area (Å²) >= 11 is 1.41. The molecule has 0 aliphatic rings. The first-order valence-corrected chi connectivity index (χ1v) is 4.93. The van der Waals surface area contributed by atoms with Crippen LogP contribution in [0.1, 0.15) is 16.8 Å². The summed E-state index contributed by atoms with van der Waals surface area (Å²) < 4.78 is 0. The van der Waals surface area contributed by atoms with Gasteiger partial charge >= 0.3 is 0 Å². The average Bonchev–Trinajstić information content (AvgIpc) is 2.75. The lowest BCUT2D eigenvalue weighted by Crippen LogP contribution is -2.02. The fourth-order valence-electron chi connectivity index (χ4n) is 1.07. The lowest BCUT2D eigenvalue weighted by molar-refractivity contribution is 0.179. The van der Waals surface area contributed by atoms with E-state index >= 15 is 0 Å². The van der Waals surface area contributed by atoms with Crippen molar-refractivity contribution in [1.82, 2.24) is 25.2 Å². The predicted molar refractivity (Wildman–Crippen MR) is 49.6 cm³/mol. The van der Waals surface area contributed by atoms with Gasteiger partial charge in [0.1, 0.15) is 0 Å². The standard InChI is InChI=1S/C7H9N5OS/c1-12-10-7(9-11-12)2-5(13)6-3-8-4-14-6/h3-5,13H,2H2,1H3. The summed E-state index contributed by atoms with van der Waals surface area (Å²) in [5.41, 5.74) is 1.68. The molecule has 1 unspecified atom stereocenters. The number of aromatic nitrogens is 5. The smallest absolute Gasteiger partial charge is 0.177 e. The Bertz CT molecular complexity index is 398. The number of nitrogens with zero attached hydrogens (tertiary/aromatic N) is 5. The van der Waals surface area contributed by atoms with Crippen LogP contribution < -0.4 is 0 Å². The molecule has 2 aromatic rings. The largest absolute Gasteiger partial charge is 0.387 e. The van der Waals surface area contributed by atoms with Gasteiger partial charge < -0.3 is 5.11 Å². The van der Waals surface area contributed by atoms with E-state index < -0.39 is 6.10 Å². The van der Waals surface area contributed by atoms with Gasteiger partial charge in [0.25, 0.3) is 0 Å². The average molecular weight is 211 g/mol. The van der Waals surface area contributed by atoms with Gasteiger partial charge in [-0.1, -0.05) is 0 Å². The highest BCUT2D eigenvalue weighted by Gasteiger charge is 2.13. The van der Waals surface area contributed by atoms with Crippen LogP contribution >= 0.6 is 11.3 Å². The first-order valence-electron chi connectivity index (χ1n) is 4.05. The first kappa shape index (κ1) is 9.22. The van der Waals surface area contributed by atoms with Gasteiger partial charge in [-0.05, 0) is 5.21 Å². The van der Waals surface area contributed by atoms with Crippen LogP contribution in [0, 0.1) is 0 Å². The summed E-state index contributed by atoms with van der Waals surface area (Å²) in [5.74, 6) is 0.536. The zero-order valence-corrected chi connectivity index (χ0v) is 8.35. The number of aliphatic hydroxyl groups is 1. The molecule has 0 spiro atoms. The molecule has 0 radical (unpaired) electrons. The molecule has 1 N–H and O–H groups in total. The van der Waals surface area contributed by atoms with Gasteiger partial charge in [0, 0.05) is 12.6 Å². The van der Waals surface area contributed by atoms with Crippen molar-refractivity contribution in [2.24, 2.45) is 7.05 Å². The molecule has 0 bridgehead atoms. The minimum absolute atomic E-state index is 0.371. The van der Waals surface area contributed by atoms with Crippen LogP contribution in [0.15, 0.2) is 11.7 Å². The Morgan fingerprint density at radius 1 is 1.64 bits per heavy atom. The molecular weight excluding hydrogens is 202 g/mol. The van der Waals surface area contributed by atoms with Crippen LogP contribution in [0.4, 0.5) is 0 Å². The summed E-state index contributed by atoms with van der Waals surface area (Å²) in [6.07, 6.45) is 1.42. The molecule has 74 valence electrons. The zero-order chi connectivity index (χ0) is 9.97. The van der Waals surface area contributed by atoms with E-state index in [9.17, 15) is 5.11 Å². The van der Waals surface area contributed by atoms with E-state index in [4.69, 9.17) is 0 Å². The number of hydrogen-bond acceptors (Lipinski definition) is 6. The molecule has 2 rings (SSSR count). The molecule has 0 saturated carbocycles. The highest BCUT2D eigenvalue weighted by Crippen LogP contribution is 2.19. The molecule has 2 heterocycles. The van der Waals surface area contributed by atoms with Gasteiger partial charge in [-0.15, -0.1) is 21.5 Å². The molecule has 0 aliphatic carbocycles. The number of aryl methyl sites for hydroxylation is 1. The van der Waals surface area contributed by atoms with E-state index in [-0.39, 0.29) is 0 Å². The molecule has 0 saturated heterocycles. The molecular formula is C7H9N5OS. The summed E-state index contributed by atoms with van der Waals surface area (Å²) in [4.78, 5) is 6.07. The molecule has 7 heteroatoms. The van der Waals surface area contributed by atoms with Crippen molar-refractivity contribution in [2.75, 3.05) is 0 Å². The first-order chi connectivity index (χ1) is 6.75. The Labute approximate surface area is 84.2 Å². The lowest BCUT2D eigenvalue weighted by atomic mass is 10.2. The van der Waals surface area contributed by atoms with Crippen molar-refractivity contribution in [3.05, 3.63) is 22.4 Å². The molecule has 0 fully saturated rings. The minimum Gasteiger partial charge on any atom is -0.387 e. The molecule has 14 heavy (non-hydrogen) atoms. The van der Waals surface area contributed by atoms with Gasteiger partial charge in [-0.25, -0.2) is 0 Å². The van der Waals surface area contributed by atoms with Gasteiger partial charge in [0.15, 0.2) is 5.82 Å². The van der Waals surface area contributed by atoms with Crippen LogP contribution in [0.2, 0.25) is 0 Å². The third kappa shape index (κ3) is 1.94. The molecule has 6 nitrogen and oxygen atoms in total. The fraction of sp³-hybridized carbons (Fsp3) is 0.429. The minimum atomic E-state index is -0.591. The monoisotopic (exact) mass is 211 g/mol. The zero-order valence-electron chi connectivity index (χ0n) is 7.53. The van der Waals surface area contributed by atoms with Crippen LogP contribution in [-0.4, -0.2) is 30.3 Å². The van der Waals surface area contributed by atoms with E-state index in [0.717, 1.165) is 4.88 Å². The topological polar surface area (TPSA) is 76.7 Å². The van der Waals surface area contributed by atoms with Crippen LogP contribution in [-0.2, 0) is 13.5 Å². The van der Waals surface area contributed by atoms with E-state index in [1.165, 1.54) is 16.1 Å². The molecule has 0 aliphatic heterocycles. The van der Waals surface area contributed by atoms with Crippen molar-refractivity contribution in [1.29, 1.82) is 0 Å². The van der Waals surface area contributed by atoms with E-state index in [1.54, 1.807) is 18.8 Å². The second kappa shape index (κ2) is 3.81. The maximum atomic E-state index is 9.73. The SMILES string of the molecule is Cn1nnc(CC(O)c2cncs2)n1. The third-order valence-electron chi connectivity index (χ3n) is 1.71. The molecule has 0 amide bonds. The Kier molecular flexibility index (Phi) is 2.51. The maximum Gasteiger partial charge on any atom is 0.177 e. The maximum absolute atomic E-state index is 9.73. The quantitative estimate of drug-likeness (QED) is 0.769. The number of rotatable bonds is 3. The third-order valence-corrected chi connectivity index (χ3v) is 2.58. The number of aliphatic hydroxyl groups excluding tert-OH is 1. The van der Waals surface area contributed by atoms with E-state index in [2.05, 4.69) is 20.4 Å². The summed E-state index contributed by atoms with van der Waals surface area (Å²) in [6.45, 7) is 0. The van der Waals surface area contributed by atoms with Gasteiger partial charge in [-0.2, -0.15) is 4.80 Å². The Morgan fingerprint density at radius 2 is 2.50 bits per heavy atom. The van der Waals surface area contributed by atoms with Crippen molar-refractivity contribution in [3.63, 3.8) is 0 Å². The second-order valence-electron chi connectivity index (χ2n) is 2.82. The highest BCUT2D eigenvalue weighted by atomic mass is 32.1. The van der Waals surface area contributed by atoms with Crippen molar-refractivity contribution in [2.45, 2.75) is 12.5 Å². The van der Waals surface area contributed by atoms with E-state index in [0.29, 0.717) is 12.2 Å². The fourth-order valence-corrected chi connectivity index (χ4v) is 1.67. The normalized spacial score (nSPS) is 13.0. The lowest BCUT2D eigenvalue weighted by Gasteiger charge is -2.02. The van der Waals surface area contributed by atoms with Gasteiger partial charge in [0.2, 0.25) is 0 Å². The van der Waals surface area contributed by atoms with Crippen LogP contribution in [0.25, 0.3) is 0 Å². The Hall–Kier alpha value is -1.34. The van der Waals surface area contributed by atoms with Gasteiger partial charge in [-0.3, -0.25) is 4.98 Å². The summed E-state index contributed by atoms with van der Waals surface area (Å²) in [6, 6.07) is 0. The van der Waals surface area contributed by atoms with Crippen molar-refractivity contribution in [3.8, 4) is 0 Å². The molecule has 1 atom stereocenters. The Morgan fingerprint density at radius 3 is 3.07 bits per heavy atom. The Balaban J connectivity index is 2.05. The highest BCUT2D eigenvalue weighted by molar-refractivity contribution is 7.09. The number of thiazole rings is 1. The van der Waals surface area contributed by atoms with Crippen molar-refractivity contribution < 1.29 is 5.11 Å².